The maximum atomic E-state index is 13.0. The molecule has 0 saturated carbocycles. The average Bonchev–Trinajstić information content (AvgIpc) is 3.19. The zero-order valence-corrected chi connectivity index (χ0v) is 16.6. The van der Waals surface area contributed by atoms with Crippen LogP contribution in [0.1, 0.15) is 44.1 Å². The van der Waals surface area contributed by atoms with Crippen molar-refractivity contribution >= 4 is 21.8 Å². The first-order valence-corrected chi connectivity index (χ1v) is 10.4. The van der Waals surface area contributed by atoms with E-state index in [9.17, 15) is 17.4 Å². The Bertz CT molecular complexity index is 1090. The van der Waals surface area contributed by atoms with Gasteiger partial charge in [-0.2, -0.15) is 13.2 Å². The van der Waals surface area contributed by atoms with Crippen LogP contribution in [0, 0.1) is 0 Å². The number of aryl methyl sites for hydroxylation is 1. The van der Waals surface area contributed by atoms with E-state index >= 15 is 0 Å². The Morgan fingerprint density at radius 3 is 2.75 bits per heavy atom. The standard InChI is InChI=1S/C18H20F3N5OS/c1-4-28(27)17-14(24-15-10(2)6-5-7-26(15)17)16-23-11-8-13(18(19,20)21)22-9-12(11)25(16)3/h8-10H,4-7H2,1-3H3. The van der Waals surface area contributed by atoms with E-state index < -0.39 is 22.7 Å². The van der Waals surface area contributed by atoms with Crippen molar-refractivity contribution in [1.29, 1.82) is 0 Å². The predicted molar refractivity (Wildman–Crippen MR) is 99.3 cm³/mol. The Morgan fingerprint density at radius 2 is 2.07 bits per heavy atom. The van der Waals surface area contributed by atoms with Gasteiger partial charge in [0.05, 0.1) is 28.0 Å². The molecule has 2 atom stereocenters. The van der Waals surface area contributed by atoms with Gasteiger partial charge < -0.3 is 9.13 Å². The second kappa shape index (κ2) is 6.68. The molecule has 4 heterocycles. The monoisotopic (exact) mass is 411 g/mol. The van der Waals surface area contributed by atoms with Crippen molar-refractivity contribution in [3.8, 4) is 11.5 Å². The molecule has 1 aliphatic rings. The number of pyridine rings is 1. The molecule has 0 N–H and O–H groups in total. The van der Waals surface area contributed by atoms with E-state index in [0.29, 0.717) is 27.8 Å². The first-order valence-electron chi connectivity index (χ1n) is 9.11. The van der Waals surface area contributed by atoms with Gasteiger partial charge in [0, 0.05) is 25.3 Å². The van der Waals surface area contributed by atoms with Crippen LogP contribution >= 0.6 is 0 Å². The first-order chi connectivity index (χ1) is 13.2. The minimum atomic E-state index is -4.54. The van der Waals surface area contributed by atoms with Gasteiger partial charge in [0.25, 0.3) is 0 Å². The first kappa shape index (κ1) is 19.1. The Balaban J connectivity index is 1.95. The molecule has 0 saturated heterocycles. The Morgan fingerprint density at radius 1 is 1.32 bits per heavy atom. The third-order valence-electron chi connectivity index (χ3n) is 5.16. The number of hydrogen-bond acceptors (Lipinski definition) is 4. The van der Waals surface area contributed by atoms with Crippen molar-refractivity contribution < 1.29 is 17.4 Å². The highest BCUT2D eigenvalue weighted by Crippen LogP contribution is 2.36. The number of imidazole rings is 2. The number of aromatic nitrogens is 5. The van der Waals surface area contributed by atoms with Crippen LogP contribution in [0.5, 0.6) is 0 Å². The highest BCUT2D eigenvalue weighted by atomic mass is 32.2. The van der Waals surface area contributed by atoms with Crippen molar-refractivity contribution in [2.75, 3.05) is 5.75 Å². The van der Waals surface area contributed by atoms with E-state index in [1.165, 1.54) is 6.20 Å². The van der Waals surface area contributed by atoms with Crippen LogP contribution in [0.2, 0.25) is 0 Å². The fraction of sp³-hybridized carbons (Fsp3) is 0.500. The molecule has 0 amide bonds. The van der Waals surface area contributed by atoms with Gasteiger partial charge in [-0.15, -0.1) is 0 Å². The van der Waals surface area contributed by atoms with E-state index in [-0.39, 0.29) is 11.4 Å². The number of nitrogens with zero attached hydrogens (tertiary/aromatic N) is 5. The summed E-state index contributed by atoms with van der Waals surface area (Å²) in [6.45, 7) is 4.65. The van der Waals surface area contributed by atoms with E-state index in [4.69, 9.17) is 4.98 Å². The molecule has 10 heteroatoms. The Labute approximate surface area is 162 Å². The molecule has 4 rings (SSSR count). The van der Waals surface area contributed by atoms with Gasteiger partial charge in [0.15, 0.2) is 5.82 Å². The van der Waals surface area contributed by atoms with Crippen LogP contribution in [-0.2, 0) is 30.6 Å². The van der Waals surface area contributed by atoms with Gasteiger partial charge >= 0.3 is 6.18 Å². The van der Waals surface area contributed by atoms with Crippen molar-refractivity contribution in [2.24, 2.45) is 7.05 Å². The van der Waals surface area contributed by atoms with Crippen LogP contribution in [0.3, 0.4) is 0 Å². The molecule has 0 aliphatic carbocycles. The number of alkyl halides is 3. The number of halogens is 3. The van der Waals surface area contributed by atoms with Gasteiger partial charge in [-0.3, -0.25) is 4.21 Å². The topological polar surface area (TPSA) is 65.6 Å². The summed E-state index contributed by atoms with van der Waals surface area (Å²) in [7, 11) is 0.436. The summed E-state index contributed by atoms with van der Waals surface area (Å²) in [5.74, 6) is 1.92. The average molecular weight is 411 g/mol. The van der Waals surface area contributed by atoms with Gasteiger partial charge in [-0.05, 0) is 18.9 Å². The Hall–Kier alpha value is -2.23. The third kappa shape index (κ3) is 2.94. The second-order valence-corrected chi connectivity index (χ2v) is 8.66. The zero-order chi connectivity index (χ0) is 20.2. The van der Waals surface area contributed by atoms with Gasteiger partial charge in [0.1, 0.15) is 22.2 Å². The molecule has 0 fully saturated rings. The largest absolute Gasteiger partial charge is 0.433 e. The van der Waals surface area contributed by atoms with Gasteiger partial charge in [-0.1, -0.05) is 13.8 Å². The highest BCUT2D eigenvalue weighted by Gasteiger charge is 2.34. The molecular weight excluding hydrogens is 391 g/mol. The summed E-state index contributed by atoms with van der Waals surface area (Å²) in [6.07, 6.45) is -1.40. The highest BCUT2D eigenvalue weighted by molar-refractivity contribution is 7.85. The molecule has 1 aliphatic heterocycles. The van der Waals surface area contributed by atoms with Crippen LogP contribution in [-0.4, -0.2) is 34.0 Å². The van der Waals surface area contributed by atoms with E-state index in [1.807, 2.05) is 11.5 Å². The van der Waals surface area contributed by atoms with Crippen molar-refractivity contribution in [3.05, 3.63) is 23.8 Å². The van der Waals surface area contributed by atoms with Crippen LogP contribution < -0.4 is 0 Å². The smallest absolute Gasteiger partial charge is 0.324 e. The molecule has 0 spiro atoms. The number of rotatable bonds is 3. The minimum Gasteiger partial charge on any atom is -0.324 e. The molecule has 0 aromatic carbocycles. The Kier molecular flexibility index (Phi) is 4.56. The molecule has 0 bridgehead atoms. The van der Waals surface area contributed by atoms with Crippen molar-refractivity contribution in [2.45, 2.75) is 50.4 Å². The summed E-state index contributed by atoms with van der Waals surface area (Å²) in [6, 6.07) is 0.938. The molecule has 3 aromatic heterocycles. The molecule has 6 nitrogen and oxygen atoms in total. The normalized spacial score (nSPS) is 18.4. The molecule has 150 valence electrons. The van der Waals surface area contributed by atoms with Crippen molar-refractivity contribution in [1.82, 2.24) is 24.1 Å². The van der Waals surface area contributed by atoms with Crippen molar-refractivity contribution in [3.63, 3.8) is 0 Å². The molecule has 3 aromatic rings. The van der Waals surface area contributed by atoms with Crippen LogP contribution in [0.25, 0.3) is 22.6 Å². The minimum absolute atomic E-state index is 0.187. The maximum absolute atomic E-state index is 13.0. The lowest BCUT2D eigenvalue weighted by Gasteiger charge is -2.21. The number of fused-ring (bicyclic) bond motifs is 2. The van der Waals surface area contributed by atoms with Crippen LogP contribution in [0.15, 0.2) is 17.3 Å². The molecular formula is C18H20F3N5OS. The quantitative estimate of drug-likeness (QED) is 0.656. The molecule has 28 heavy (non-hydrogen) atoms. The predicted octanol–water partition coefficient (Wildman–Crippen LogP) is 3.88. The lowest BCUT2D eigenvalue weighted by molar-refractivity contribution is -0.141. The fourth-order valence-electron chi connectivity index (χ4n) is 3.70. The second-order valence-electron chi connectivity index (χ2n) is 7.00. The third-order valence-corrected chi connectivity index (χ3v) is 6.53. The lowest BCUT2D eigenvalue weighted by atomic mass is 10.0. The summed E-state index contributed by atoms with van der Waals surface area (Å²) in [5.41, 5.74) is 0.151. The van der Waals surface area contributed by atoms with Crippen LogP contribution in [0.4, 0.5) is 13.2 Å². The summed E-state index contributed by atoms with van der Waals surface area (Å²) >= 11 is 0. The van der Waals surface area contributed by atoms with E-state index in [1.54, 1.807) is 11.6 Å². The van der Waals surface area contributed by atoms with Gasteiger partial charge in [0.2, 0.25) is 0 Å². The molecule has 0 radical (unpaired) electrons. The van der Waals surface area contributed by atoms with Gasteiger partial charge in [-0.25, -0.2) is 15.0 Å². The summed E-state index contributed by atoms with van der Waals surface area (Å²) < 4.78 is 55.5. The maximum Gasteiger partial charge on any atom is 0.433 e. The number of hydrogen-bond donors (Lipinski definition) is 0. The SMILES string of the molecule is CCS(=O)c1c(-c2nc3cc(C(F)(F)F)ncc3n2C)nc2n1CCCC2C. The molecule has 2 unspecified atom stereocenters. The van der Waals surface area contributed by atoms with E-state index in [0.717, 1.165) is 31.3 Å². The zero-order valence-electron chi connectivity index (χ0n) is 15.7. The fourth-order valence-corrected chi connectivity index (χ4v) is 4.76. The summed E-state index contributed by atoms with van der Waals surface area (Å²) in [5, 5.41) is 0.603. The van der Waals surface area contributed by atoms with E-state index in [2.05, 4.69) is 16.9 Å². The lowest BCUT2D eigenvalue weighted by Crippen LogP contribution is -2.17. The summed E-state index contributed by atoms with van der Waals surface area (Å²) in [4.78, 5) is 12.7.